The minimum atomic E-state index is 0.0416. The van der Waals surface area contributed by atoms with Crippen molar-refractivity contribution < 1.29 is 9.53 Å². The van der Waals surface area contributed by atoms with Gasteiger partial charge >= 0.3 is 0 Å². The summed E-state index contributed by atoms with van der Waals surface area (Å²) in [7, 11) is 1.69. The molecule has 1 heterocycles. The van der Waals surface area contributed by atoms with Crippen LogP contribution in [0, 0.1) is 0 Å². The zero-order valence-electron chi connectivity index (χ0n) is 16.3. The molecule has 0 fully saturated rings. The normalized spacial score (nSPS) is 11.1. The van der Waals surface area contributed by atoms with Crippen molar-refractivity contribution in [1.82, 2.24) is 0 Å². The summed E-state index contributed by atoms with van der Waals surface area (Å²) in [6, 6.07) is 24.6. The van der Waals surface area contributed by atoms with Crippen LogP contribution < -0.4 is 10.1 Å². The van der Waals surface area contributed by atoms with E-state index in [1.54, 1.807) is 31.4 Å². The number of fused-ring (bicyclic) bond motifs is 1. The molecule has 0 saturated carbocycles. The monoisotopic (exact) mass is 399 g/mol. The molecule has 3 nitrogen and oxygen atoms in total. The van der Waals surface area contributed by atoms with Crippen LogP contribution in [0.3, 0.4) is 0 Å². The molecule has 0 aliphatic heterocycles. The minimum absolute atomic E-state index is 0.0416. The second kappa shape index (κ2) is 8.33. The SMILES string of the molecule is COc1ccc2c(Nc3ccc(/C=C/C(C)=O)cc3)c(-c3ccccc3)sc2c1. The highest BCUT2D eigenvalue weighted by atomic mass is 32.1. The van der Waals surface area contributed by atoms with Gasteiger partial charge in [-0.15, -0.1) is 11.3 Å². The number of ether oxygens (including phenoxy) is 1. The smallest absolute Gasteiger partial charge is 0.152 e. The van der Waals surface area contributed by atoms with Gasteiger partial charge in [-0.1, -0.05) is 48.5 Å². The molecule has 4 rings (SSSR count). The Morgan fingerprint density at radius 3 is 2.45 bits per heavy atom. The molecule has 0 aliphatic rings. The van der Waals surface area contributed by atoms with E-state index in [0.717, 1.165) is 28.1 Å². The summed E-state index contributed by atoms with van der Waals surface area (Å²) < 4.78 is 6.58. The lowest BCUT2D eigenvalue weighted by Gasteiger charge is -2.10. The van der Waals surface area contributed by atoms with E-state index in [-0.39, 0.29) is 5.78 Å². The molecule has 0 amide bonds. The van der Waals surface area contributed by atoms with E-state index >= 15 is 0 Å². The fourth-order valence-corrected chi connectivity index (χ4v) is 4.35. The van der Waals surface area contributed by atoms with Crippen LogP contribution in [0.2, 0.25) is 0 Å². The Bertz CT molecular complexity index is 1170. The number of carbonyl (C=O) groups excluding carboxylic acids is 1. The summed E-state index contributed by atoms with van der Waals surface area (Å²) in [6.45, 7) is 1.55. The van der Waals surface area contributed by atoms with Crippen molar-refractivity contribution in [2.24, 2.45) is 0 Å². The fraction of sp³-hybridized carbons (Fsp3) is 0.0800. The van der Waals surface area contributed by atoms with Crippen molar-refractivity contribution in [2.75, 3.05) is 12.4 Å². The Kier molecular flexibility index (Phi) is 5.45. The molecule has 4 heteroatoms. The highest BCUT2D eigenvalue weighted by Gasteiger charge is 2.15. The highest BCUT2D eigenvalue weighted by Crippen LogP contribution is 2.44. The predicted octanol–water partition coefficient (Wildman–Crippen LogP) is 6.92. The van der Waals surface area contributed by atoms with Gasteiger partial charge in [0.25, 0.3) is 0 Å². The maximum absolute atomic E-state index is 11.1. The highest BCUT2D eigenvalue weighted by molar-refractivity contribution is 7.23. The number of ketones is 1. The molecule has 144 valence electrons. The molecule has 0 aliphatic carbocycles. The summed E-state index contributed by atoms with van der Waals surface area (Å²) in [5.74, 6) is 0.895. The number of thiophene rings is 1. The quantitative estimate of drug-likeness (QED) is 0.358. The van der Waals surface area contributed by atoms with Crippen molar-refractivity contribution in [3.05, 3.63) is 84.4 Å². The number of allylic oxidation sites excluding steroid dienone is 1. The Labute approximate surface area is 174 Å². The molecule has 29 heavy (non-hydrogen) atoms. The molecule has 0 unspecified atom stereocenters. The van der Waals surface area contributed by atoms with Crippen molar-refractivity contribution in [1.29, 1.82) is 0 Å². The van der Waals surface area contributed by atoms with Gasteiger partial charge in [0, 0.05) is 15.8 Å². The van der Waals surface area contributed by atoms with Gasteiger partial charge in [-0.2, -0.15) is 0 Å². The second-order valence-electron chi connectivity index (χ2n) is 6.73. The van der Waals surface area contributed by atoms with Crippen LogP contribution in [0.25, 0.3) is 26.6 Å². The van der Waals surface area contributed by atoms with E-state index in [1.165, 1.54) is 15.1 Å². The summed E-state index contributed by atoms with van der Waals surface area (Å²) in [4.78, 5) is 12.3. The van der Waals surface area contributed by atoms with E-state index in [1.807, 2.05) is 42.5 Å². The Hall–Kier alpha value is -3.37. The lowest BCUT2D eigenvalue weighted by atomic mass is 10.1. The predicted molar refractivity (Wildman–Crippen MR) is 123 cm³/mol. The zero-order chi connectivity index (χ0) is 20.2. The Morgan fingerprint density at radius 2 is 1.76 bits per heavy atom. The van der Waals surface area contributed by atoms with Gasteiger partial charge in [-0.05, 0) is 54.5 Å². The van der Waals surface area contributed by atoms with Crippen LogP contribution in [0.5, 0.6) is 5.75 Å². The fourth-order valence-electron chi connectivity index (χ4n) is 3.16. The Morgan fingerprint density at radius 1 is 1.00 bits per heavy atom. The van der Waals surface area contributed by atoms with Gasteiger partial charge in [0.1, 0.15) is 5.75 Å². The molecule has 0 radical (unpaired) electrons. The van der Waals surface area contributed by atoms with E-state index in [9.17, 15) is 4.79 Å². The molecule has 0 bridgehead atoms. The van der Waals surface area contributed by atoms with Crippen molar-refractivity contribution >= 4 is 44.7 Å². The number of carbonyl (C=O) groups is 1. The molecular formula is C25H21NO2S. The largest absolute Gasteiger partial charge is 0.497 e. The van der Waals surface area contributed by atoms with Crippen molar-refractivity contribution in [3.63, 3.8) is 0 Å². The maximum Gasteiger partial charge on any atom is 0.152 e. The molecule has 4 aromatic rings. The van der Waals surface area contributed by atoms with Crippen LogP contribution >= 0.6 is 11.3 Å². The average molecular weight is 400 g/mol. The standard InChI is InChI=1S/C25H21NO2S/c1-17(27)8-9-18-10-12-20(13-11-18)26-24-22-15-14-21(28-2)16-23(22)29-25(24)19-6-4-3-5-7-19/h3-16,26H,1-2H3/b9-8+. The molecular weight excluding hydrogens is 378 g/mol. The summed E-state index contributed by atoms with van der Waals surface area (Å²) >= 11 is 1.75. The third-order valence-electron chi connectivity index (χ3n) is 4.62. The number of methoxy groups -OCH3 is 1. The third-order valence-corrected chi connectivity index (χ3v) is 5.83. The molecule has 0 spiro atoms. The van der Waals surface area contributed by atoms with Crippen LogP contribution in [0.15, 0.2) is 78.9 Å². The van der Waals surface area contributed by atoms with E-state index in [4.69, 9.17) is 4.74 Å². The number of anilines is 2. The zero-order valence-corrected chi connectivity index (χ0v) is 17.1. The van der Waals surface area contributed by atoms with Crippen molar-refractivity contribution in [2.45, 2.75) is 6.92 Å². The first-order valence-electron chi connectivity index (χ1n) is 9.36. The summed E-state index contributed by atoms with van der Waals surface area (Å²) in [5.41, 5.74) is 4.26. The third kappa shape index (κ3) is 4.23. The van der Waals surface area contributed by atoms with Crippen LogP contribution in [0.1, 0.15) is 12.5 Å². The van der Waals surface area contributed by atoms with E-state index < -0.39 is 0 Å². The van der Waals surface area contributed by atoms with E-state index in [0.29, 0.717) is 0 Å². The molecule has 3 aromatic carbocycles. The first kappa shape index (κ1) is 19.0. The first-order valence-corrected chi connectivity index (χ1v) is 10.2. The summed E-state index contributed by atoms with van der Waals surface area (Å²) in [6.07, 6.45) is 3.41. The number of benzene rings is 3. The maximum atomic E-state index is 11.1. The topological polar surface area (TPSA) is 38.3 Å². The van der Waals surface area contributed by atoms with Gasteiger partial charge in [0.15, 0.2) is 5.78 Å². The van der Waals surface area contributed by atoms with Gasteiger partial charge < -0.3 is 10.1 Å². The molecule has 1 N–H and O–H groups in total. The van der Waals surface area contributed by atoms with Crippen LogP contribution in [-0.2, 0) is 4.79 Å². The second-order valence-corrected chi connectivity index (χ2v) is 7.78. The molecule has 1 aromatic heterocycles. The molecule has 0 atom stereocenters. The van der Waals surface area contributed by atoms with Gasteiger partial charge in [-0.3, -0.25) is 4.79 Å². The number of hydrogen-bond acceptors (Lipinski definition) is 4. The van der Waals surface area contributed by atoms with Crippen molar-refractivity contribution in [3.8, 4) is 16.2 Å². The molecule has 0 saturated heterocycles. The van der Waals surface area contributed by atoms with E-state index in [2.05, 4.69) is 41.7 Å². The number of rotatable bonds is 6. The number of hydrogen-bond donors (Lipinski definition) is 1. The first-order chi connectivity index (χ1) is 14.1. The lowest BCUT2D eigenvalue weighted by Crippen LogP contribution is -1.91. The van der Waals surface area contributed by atoms with Gasteiger partial charge in [0.2, 0.25) is 0 Å². The van der Waals surface area contributed by atoms with Crippen LogP contribution in [0.4, 0.5) is 11.4 Å². The van der Waals surface area contributed by atoms with Crippen LogP contribution in [-0.4, -0.2) is 12.9 Å². The average Bonchev–Trinajstić information content (AvgIpc) is 3.11. The van der Waals surface area contributed by atoms with Gasteiger partial charge in [-0.25, -0.2) is 0 Å². The summed E-state index contributed by atoms with van der Waals surface area (Å²) in [5, 5.41) is 4.76. The number of nitrogens with one attached hydrogen (secondary N) is 1. The van der Waals surface area contributed by atoms with Gasteiger partial charge in [0.05, 0.1) is 17.7 Å². The lowest BCUT2D eigenvalue weighted by molar-refractivity contribution is -0.112. The Balaban J connectivity index is 1.74. The minimum Gasteiger partial charge on any atom is -0.497 e.